The van der Waals surface area contributed by atoms with Gasteiger partial charge in [0.25, 0.3) is 0 Å². The van der Waals surface area contributed by atoms with Gasteiger partial charge in [0, 0.05) is 0 Å². The molecular formula is C6H14B2O4. The summed E-state index contributed by atoms with van der Waals surface area (Å²) in [6.07, 6.45) is 2.67. The van der Waals surface area contributed by atoms with Gasteiger partial charge in [-0.05, 0) is 11.6 Å². The number of hydrogen-bond donors (Lipinski definition) is 4. The highest BCUT2D eigenvalue weighted by Crippen LogP contribution is 2.37. The minimum atomic E-state index is -1.25. The molecule has 0 atom stereocenters. The Morgan fingerprint density at radius 2 is 0.917 bits per heavy atom. The van der Waals surface area contributed by atoms with Crippen LogP contribution in [0.15, 0.2) is 0 Å². The van der Waals surface area contributed by atoms with Crippen LogP contribution in [0.1, 0.15) is 25.7 Å². The third-order valence-corrected chi connectivity index (χ3v) is 2.66. The second-order valence-corrected chi connectivity index (χ2v) is 3.50. The minimum absolute atomic E-state index is 0.0833. The van der Waals surface area contributed by atoms with Crippen molar-refractivity contribution >= 4 is 14.2 Å². The largest absolute Gasteiger partial charge is 0.454 e. The molecule has 1 fully saturated rings. The minimum Gasteiger partial charge on any atom is -0.427 e. The first-order chi connectivity index (χ1) is 5.61. The monoisotopic (exact) mass is 172 g/mol. The van der Waals surface area contributed by atoms with Crippen molar-refractivity contribution in [2.24, 2.45) is 0 Å². The van der Waals surface area contributed by atoms with Gasteiger partial charge in [-0.1, -0.05) is 25.7 Å². The quantitative estimate of drug-likeness (QED) is 0.413. The molecule has 0 unspecified atom stereocenters. The molecule has 0 aromatic rings. The molecule has 68 valence electrons. The normalized spacial score (nSPS) is 30.0. The summed E-state index contributed by atoms with van der Waals surface area (Å²) >= 11 is 0. The molecule has 0 heterocycles. The van der Waals surface area contributed by atoms with Gasteiger partial charge in [-0.2, -0.15) is 0 Å². The van der Waals surface area contributed by atoms with Crippen LogP contribution in [0.25, 0.3) is 0 Å². The molecule has 1 aliphatic rings. The Kier molecular flexibility index (Phi) is 3.58. The van der Waals surface area contributed by atoms with E-state index in [4.69, 9.17) is 20.1 Å². The van der Waals surface area contributed by atoms with E-state index < -0.39 is 14.2 Å². The Balaban J connectivity index is 2.30. The Morgan fingerprint density at radius 1 is 0.667 bits per heavy atom. The second kappa shape index (κ2) is 4.28. The van der Waals surface area contributed by atoms with Crippen molar-refractivity contribution in [3.05, 3.63) is 0 Å². The summed E-state index contributed by atoms with van der Waals surface area (Å²) in [7, 11) is -2.50. The standard InChI is InChI=1S/C6H14B2O4/c9-7(10)5-1-2-6(4-3-5)8(11)12/h5-6,9-12H,1-4H2. The van der Waals surface area contributed by atoms with Gasteiger partial charge in [0.2, 0.25) is 0 Å². The van der Waals surface area contributed by atoms with Gasteiger partial charge >= 0.3 is 14.2 Å². The van der Waals surface area contributed by atoms with Crippen molar-refractivity contribution in [1.29, 1.82) is 0 Å². The highest BCUT2D eigenvalue weighted by molar-refractivity contribution is 6.44. The van der Waals surface area contributed by atoms with Gasteiger partial charge in [0.05, 0.1) is 0 Å². The highest BCUT2D eigenvalue weighted by atomic mass is 16.4. The van der Waals surface area contributed by atoms with E-state index in [-0.39, 0.29) is 11.6 Å². The van der Waals surface area contributed by atoms with Crippen LogP contribution in [0.3, 0.4) is 0 Å². The molecule has 0 aromatic carbocycles. The van der Waals surface area contributed by atoms with Crippen molar-refractivity contribution in [3.63, 3.8) is 0 Å². The van der Waals surface area contributed by atoms with E-state index in [0.717, 1.165) is 0 Å². The van der Waals surface area contributed by atoms with Crippen LogP contribution >= 0.6 is 0 Å². The van der Waals surface area contributed by atoms with E-state index in [1.807, 2.05) is 0 Å². The molecule has 0 saturated heterocycles. The Bertz CT molecular complexity index is 118. The van der Waals surface area contributed by atoms with E-state index in [0.29, 0.717) is 25.7 Å². The molecule has 0 aromatic heterocycles. The van der Waals surface area contributed by atoms with Crippen LogP contribution in [-0.2, 0) is 0 Å². The lowest BCUT2D eigenvalue weighted by molar-refractivity contribution is 0.320. The van der Waals surface area contributed by atoms with E-state index in [1.54, 1.807) is 0 Å². The molecule has 4 nitrogen and oxygen atoms in total. The topological polar surface area (TPSA) is 80.9 Å². The summed E-state index contributed by atoms with van der Waals surface area (Å²) in [4.78, 5) is 0. The molecule has 1 aliphatic carbocycles. The van der Waals surface area contributed by atoms with Crippen molar-refractivity contribution < 1.29 is 20.1 Å². The average molecular weight is 172 g/mol. The zero-order valence-electron chi connectivity index (χ0n) is 6.93. The maximum absolute atomic E-state index is 8.83. The van der Waals surface area contributed by atoms with E-state index in [9.17, 15) is 0 Å². The zero-order valence-corrected chi connectivity index (χ0v) is 6.93. The van der Waals surface area contributed by atoms with Crippen molar-refractivity contribution in [3.8, 4) is 0 Å². The van der Waals surface area contributed by atoms with Crippen molar-refractivity contribution in [1.82, 2.24) is 0 Å². The number of rotatable bonds is 2. The summed E-state index contributed by atoms with van der Waals surface area (Å²) in [6, 6.07) is 0. The van der Waals surface area contributed by atoms with Crippen LogP contribution in [0, 0.1) is 0 Å². The van der Waals surface area contributed by atoms with Gasteiger partial charge in [-0.3, -0.25) is 0 Å². The molecule has 0 amide bonds. The van der Waals surface area contributed by atoms with Gasteiger partial charge in [0.15, 0.2) is 0 Å². The van der Waals surface area contributed by atoms with Crippen LogP contribution in [0.5, 0.6) is 0 Å². The third kappa shape index (κ3) is 2.48. The van der Waals surface area contributed by atoms with Crippen LogP contribution in [-0.4, -0.2) is 34.3 Å². The molecule has 1 saturated carbocycles. The zero-order chi connectivity index (χ0) is 9.14. The Labute approximate surface area is 72.5 Å². The first kappa shape index (κ1) is 10.1. The average Bonchev–Trinajstić information content (AvgIpc) is 2.04. The van der Waals surface area contributed by atoms with Gasteiger partial charge in [-0.25, -0.2) is 0 Å². The lowest BCUT2D eigenvalue weighted by Crippen LogP contribution is -2.29. The molecule has 12 heavy (non-hydrogen) atoms. The van der Waals surface area contributed by atoms with Crippen molar-refractivity contribution in [2.75, 3.05) is 0 Å². The summed E-state index contributed by atoms with van der Waals surface area (Å²) in [5, 5.41) is 35.3. The van der Waals surface area contributed by atoms with E-state index >= 15 is 0 Å². The summed E-state index contributed by atoms with van der Waals surface area (Å²) < 4.78 is 0. The molecule has 0 spiro atoms. The summed E-state index contributed by atoms with van der Waals surface area (Å²) in [5.74, 6) is -0.167. The van der Waals surface area contributed by atoms with Crippen molar-refractivity contribution in [2.45, 2.75) is 37.3 Å². The molecule has 4 N–H and O–H groups in total. The van der Waals surface area contributed by atoms with Gasteiger partial charge < -0.3 is 20.1 Å². The first-order valence-corrected chi connectivity index (χ1v) is 4.33. The Morgan fingerprint density at radius 3 is 1.08 bits per heavy atom. The fourth-order valence-corrected chi connectivity index (χ4v) is 1.74. The predicted molar refractivity (Wildman–Crippen MR) is 46.4 cm³/mol. The number of hydrogen-bond acceptors (Lipinski definition) is 4. The van der Waals surface area contributed by atoms with Gasteiger partial charge in [-0.15, -0.1) is 0 Å². The summed E-state index contributed by atoms with van der Waals surface area (Å²) in [6.45, 7) is 0. The van der Waals surface area contributed by atoms with Crippen LogP contribution in [0.2, 0.25) is 11.6 Å². The lowest BCUT2D eigenvalue weighted by Gasteiger charge is -2.26. The van der Waals surface area contributed by atoms with E-state index in [2.05, 4.69) is 0 Å². The molecule has 0 bridgehead atoms. The maximum atomic E-state index is 8.83. The molecular weight excluding hydrogens is 158 g/mol. The molecule has 0 aliphatic heterocycles. The molecule has 1 rings (SSSR count). The third-order valence-electron chi connectivity index (χ3n) is 2.66. The molecule has 0 radical (unpaired) electrons. The maximum Gasteiger partial charge on any atom is 0.454 e. The first-order valence-electron chi connectivity index (χ1n) is 4.33. The highest BCUT2D eigenvalue weighted by Gasteiger charge is 2.33. The predicted octanol–water partition coefficient (Wildman–Crippen LogP) is -0.754. The second-order valence-electron chi connectivity index (χ2n) is 3.50. The fourth-order valence-electron chi connectivity index (χ4n) is 1.74. The fraction of sp³-hybridized carbons (Fsp3) is 1.00. The van der Waals surface area contributed by atoms with E-state index in [1.165, 1.54) is 0 Å². The smallest absolute Gasteiger partial charge is 0.427 e. The van der Waals surface area contributed by atoms with Crippen LogP contribution in [0.4, 0.5) is 0 Å². The molecule has 6 heteroatoms. The van der Waals surface area contributed by atoms with Crippen LogP contribution < -0.4 is 0 Å². The SMILES string of the molecule is OB(O)C1CCC(B(O)O)CC1. The summed E-state index contributed by atoms with van der Waals surface area (Å²) in [5.41, 5.74) is 0. The Hall–Kier alpha value is -0.0301. The van der Waals surface area contributed by atoms with Gasteiger partial charge in [0.1, 0.15) is 0 Å². The lowest BCUT2D eigenvalue weighted by atomic mass is 9.56.